The monoisotopic (exact) mass is 383 g/mol. The summed E-state index contributed by atoms with van der Waals surface area (Å²) >= 11 is 0. The highest BCUT2D eigenvalue weighted by Crippen LogP contribution is 2.20. The molecule has 1 heterocycles. The SMILES string of the molecule is COC(=O)c1cccc(Nc2ccc(C(=O)Nc3c(F)cccc3F)nc2)c1. The third kappa shape index (κ3) is 4.29. The summed E-state index contributed by atoms with van der Waals surface area (Å²) in [6.45, 7) is 0. The number of carbonyl (C=O) groups is 2. The molecule has 0 aliphatic carbocycles. The van der Waals surface area contributed by atoms with Crippen LogP contribution in [-0.4, -0.2) is 24.0 Å². The van der Waals surface area contributed by atoms with E-state index < -0.39 is 29.2 Å². The number of pyridine rings is 1. The van der Waals surface area contributed by atoms with Crippen LogP contribution in [0.5, 0.6) is 0 Å². The largest absolute Gasteiger partial charge is 0.465 e. The Bertz CT molecular complexity index is 1000. The van der Waals surface area contributed by atoms with E-state index in [0.717, 1.165) is 12.1 Å². The predicted molar refractivity (Wildman–Crippen MR) is 99.6 cm³/mol. The number of ether oxygens (including phenoxy) is 1. The van der Waals surface area contributed by atoms with Gasteiger partial charge in [-0.25, -0.2) is 18.6 Å². The maximum Gasteiger partial charge on any atom is 0.337 e. The van der Waals surface area contributed by atoms with E-state index in [2.05, 4.69) is 20.4 Å². The van der Waals surface area contributed by atoms with Gasteiger partial charge in [0.15, 0.2) is 0 Å². The molecule has 2 N–H and O–H groups in total. The summed E-state index contributed by atoms with van der Waals surface area (Å²) in [5, 5.41) is 5.20. The van der Waals surface area contributed by atoms with Crippen molar-refractivity contribution in [1.82, 2.24) is 4.98 Å². The van der Waals surface area contributed by atoms with Gasteiger partial charge in [-0.3, -0.25) is 4.79 Å². The van der Waals surface area contributed by atoms with Gasteiger partial charge in [-0.2, -0.15) is 0 Å². The van der Waals surface area contributed by atoms with Gasteiger partial charge in [0, 0.05) is 5.69 Å². The number of hydrogen-bond acceptors (Lipinski definition) is 5. The number of amides is 1. The standard InChI is InChI=1S/C20H15F2N3O3/c1-28-20(27)12-4-2-5-13(10-12)24-14-8-9-17(23-11-14)19(26)25-18-15(21)6-3-7-16(18)22/h2-11,24H,1H3,(H,25,26). The van der Waals surface area contributed by atoms with Gasteiger partial charge in [-0.05, 0) is 42.5 Å². The van der Waals surface area contributed by atoms with Crippen molar-refractivity contribution in [3.05, 3.63) is 83.7 Å². The molecule has 0 radical (unpaired) electrons. The Kier molecular flexibility index (Phi) is 5.59. The third-order valence-corrected chi connectivity index (χ3v) is 3.77. The molecule has 0 aliphatic rings. The molecule has 8 heteroatoms. The fourth-order valence-corrected chi connectivity index (χ4v) is 2.41. The molecule has 0 unspecified atom stereocenters. The number of benzene rings is 2. The average molecular weight is 383 g/mol. The van der Waals surface area contributed by atoms with E-state index >= 15 is 0 Å². The molecule has 1 amide bonds. The number of para-hydroxylation sites is 1. The Balaban J connectivity index is 1.71. The smallest absolute Gasteiger partial charge is 0.337 e. The van der Waals surface area contributed by atoms with E-state index in [1.165, 1.54) is 25.4 Å². The van der Waals surface area contributed by atoms with Crippen molar-refractivity contribution in [3.63, 3.8) is 0 Å². The Morgan fingerprint density at radius 2 is 1.68 bits per heavy atom. The molecule has 3 aromatic rings. The molecule has 0 aliphatic heterocycles. The second-order valence-corrected chi connectivity index (χ2v) is 5.68. The van der Waals surface area contributed by atoms with Crippen LogP contribution in [0.4, 0.5) is 25.8 Å². The summed E-state index contributed by atoms with van der Waals surface area (Å²) in [6.07, 6.45) is 1.39. The normalized spacial score (nSPS) is 10.2. The predicted octanol–water partition coefficient (Wildman–Crippen LogP) is 4.14. The van der Waals surface area contributed by atoms with E-state index in [1.54, 1.807) is 30.3 Å². The Labute approximate surface area is 159 Å². The lowest BCUT2D eigenvalue weighted by molar-refractivity contribution is 0.0600. The van der Waals surface area contributed by atoms with Gasteiger partial charge in [0.05, 0.1) is 24.6 Å². The zero-order valence-electron chi connectivity index (χ0n) is 14.7. The summed E-state index contributed by atoms with van der Waals surface area (Å²) < 4.78 is 31.9. The molecule has 3 rings (SSSR count). The number of rotatable bonds is 5. The van der Waals surface area contributed by atoms with Crippen LogP contribution in [0.3, 0.4) is 0 Å². The van der Waals surface area contributed by atoms with Crippen LogP contribution >= 0.6 is 0 Å². The maximum atomic E-state index is 13.6. The third-order valence-electron chi connectivity index (χ3n) is 3.77. The van der Waals surface area contributed by atoms with Crippen molar-refractivity contribution >= 4 is 28.9 Å². The molecule has 0 spiro atoms. The molecule has 0 bridgehead atoms. The first-order chi connectivity index (χ1) is 13.5. The number of methoxy groups -OCH3 is 1. The zero-order valence-corrected chi connectivity index (χ0v) is 14.7. The van der Waals surface area contributed by atoms with Crippen molar-refractivity contribution in [2.24, 2.45) is 0 Å². The lowest BCUT2D eigenvalue weighted by atomic mass is 10.2. The highest BCUT2D eigenvalue weighted by Gasteiger charge is 2.14. The van der Waals surface area contributed by atoms with Crippen molar-refractivity contribution in [2.75, 3.05) is 17.7 Å². The second kappa shape index (κ2) is 8.26. The topological polar surface area (TPSA) is 80.3 Å². The van der Waals surface area contributed by atoms with Crippen LogP contribution in [0.1, 0.15) is 20.8 Å². The summed E-state index contributed by atoms with van der Waals surface area (Å²) in [4.78, 5) is 27.7. The van der Waals surface area contributed by atoms with Crippen molar-refractivity contribution in [3.8, 4) is 0 Å². The summed E-state index contributed by atoms with van der Waals surface area (Å²) in [5.41, 5.74) is 1.00. The first-order valence-electron chi connectivity index (χ1n) is 8.15. The first kappa shape index (κ1) is 19.0. The molecule has 0 fully saturated rings. The highest BCUT2D eigenvalue weighted by molar-refractivity contribution is 6.03. The molecule has 0 saturated heterocycles. The van der Waals surface area contributed by atoms with E-state index in [-0.39, 0.29) is 5.69 Å². The zero-order chi connectivity index (χ0) is 20.1. The van der Waals surface area contributed by atoms with Gasteiger partial charge >= 0.3 is 5.97 Å². The van der Waals surface area contributed by atoms with Crippen LogP contribution in [0.2, 0.25) is 0 Å². The lowest BCUT2D eigenvalue weighted by Crippen LogP contribution is -2.15. The molecule has 6 nitrogen and oxygen atoms in total. The number of nitrogens with zero attached hydrogens (tertiary/aromatic N) is 1. The van der Waals surface area contributed by atoms with Gasteiger partial charge in [-0.15, -0.1) is 0 Å². The van der Waals surface area contributed by atoms with Crippen molar-refractivity contribution in [2.45, 2.75) is 0 Å². The van der Waals surface area contributed by atoms with Crippen molar-refractivity contribution < 1.29 is 23.1 Å². The fourth-order valence-electron chi connectivity index (χ4n) is 2.41. The average Bonchev–Trinajstić information content (AvgIpc) is 2.71. The van der Waals surface area contributed by atoms with E-state index in [4.69, 9.17) is 0 Å². The number of nitrogens with one attached hydrogen (secondary N) is 2. The number of hydrogen-bond donors (Lipinski definition) is 2. The first-order valence-corrected chi connectivity index (χ1v) is 8.15. The Morgan fingerprint density at radius 1 is 0.964 bits per heavy atom. The molecule has 0 atom stereocenters. The Morgan fingerprint density at radius 3 is 2.32 bits per heavy atom. The van der Waals surface area contributed by atoms with Crippen LogP contribution in [-0.2, 0) is 4.74 Å². The number of anilines is 3. The molecule has 142 valence electrons. The minimum Gasteiger partial charge on any atom is -0.465 e. The van der Waals surface area contributed by atoms with Crippen molar-refractivity contribution in [1.29, 1.82) is 0 Å². The van der Waals surface area contributed by atoms with Crippen LogP contribution in [0, 0.1) is 11.6 Å². The summed E-state index contributed by atoms with van der Waals surface area (Å²) in [7, 11) is 1.29. The van der Waals surface area contributed by atoms with Gasteiger partial charge in [0.1, 0.15) is 23.0 Å². The molecule has 0 saturated carbocycles. The number of carbonyl (C=O) groups excluding carboxylic acids is 2. The van der Waals surface area contributed by atoms with Crippen LogP contribution in [0.15, 0.2) is 60.8 Å². The summed E-state index contributed by atoms with van der Waals surface area (Å²) in [5.74, 6) is -2.97. The van der Waals surface area contributed by atoms with E-state index in [9.17, 15) is 18.4 Å². The molecular formula is C20H15F2N3O3. The van der Waals surface area contributed by atoms with Gasteiger partial charge in [0.25, 0.3) is 5.91 Å². The number of esters is 1. The highest BCUT2D eigenvalue weighted by atomic mass is 19.1. The summed E-state index contributed by atoms with van der Waals surface area (Å²) in [6, 6.07) is 12.9. The molecule has 2 aromatic carbocycles. The fraction of sp³-hybridized carbons (Fsp3) is 0.0500. The molecule has 1 aromatic heterocycles. The molecular weight excluding hydrogens is 368 g/mol. The molecule has 28 heavy (non-hydrogen) atoms. The lowest BCUT2D eigenvalue weighted by Gasteiger charge is -2.09. The quantitative estimate of drug-likeness (QED) is 0.647. The van der Waals surface area contributed by atoms with Gasteiger partial charge in [0.2, 0.25) is 0 Å². The number of halogens is 2. The second-order valence-electron chi connectivity index (χ2n) is 5.68. The van der Waals surface area contributed by atoms with Gasteiger partial charge < -0.3 is 15.4 Å². The van der Waals surface area contributed by atoms with E-state index in [0.29, 0.717) is 16.9 Å². The van der Waals surface area contributed by atoms with E-state index in [1.807, 2.05) is 0 Å². The number of aromatic nitrogens is 1. The minimum absolute atomic E-state index is 0.0171. The minimum atomic E-state index is -0.878. The Hall–Kier alpha value is -3.81. The maximum absolute atomic E-state index is 13.6. The van der Waals surface area contributed by atoms with Crippen LogP contribution in [0.25, 0.3) is 0 Å². The van der Waals surface area contributed by atoms with Crippen LogP contribution < -0.4 is 10.6 Å². The van der Waals surface area contributed by atoms with Gasteiger partial charge in [-0.1, -0.05) is 12.1 Å².